The van der Waals surface area contributed by atoms with Crippen LogP contribution in [0.1, 0.15) is 11.1 Å². The maximum atomic E-state index is 10.6. The number of aliphatic hydroxyl groups is 1. The summed E-state index contributed by atoms with van der Waals surface area (Å²) in [6.45, 7) is 11.0. The van der Waals surface area contributed by atoms with Crippen LogP contribution in [0.5, 0.6) is 0 Å². The van der Waals surface area contributed by atoms with Gasteiger partial charge in [0.05, 0.1) is 26.0 Å². The quantitative estimate of drug-likeness (QED) is 0.870. The monoisotopic (exact) mass is 273 g/mol. The van der Waals surface area contributed by atoms with Crippen molar-refractivity contribution in [3.8, 4) is 0 Å². The molecule has 2 aromatic rings. The highest BCUT2D eigenvalue weighted by molar-refractivity contribution is 6.78. The number of benzene rings is 1. The Kier molecular flexibility index (Phi) is 3.65. The molecule has 0 spiro atoms. The molecule has 1 heterocycles. The molecule has 3 nitrogen and oxygen atoms in total. The smallest absolute Gasteiger partial charge is 0.0879 e. The first-order valence-corrected chi connectivity index (χ1v) is 9.95. The van der Waals surface area contributed by atoms with E-state index in [2.05, 4.69) is 43.8 Å². The molecule has 0 saturated heterocycles. The molecule has 19 heavy (non-hydrogen) atoms. The fraction of sp³-hybridized carbons (Fsp3) is 0.333. The van der Waals surface area contributed by atoms with Crippen LogP contribution in [0.15, 0.2) is 42.7 Å². The van der Waals surface area contributed by atoms with Crippen LogP contribution in [0.4, 0.5) is 0 Å². The molecule has 0 fully saturated rings. The Morgan fingerprint density at radius 3 is 2.47 bits per heavy atom. The van der Waals surface area contributed by atoms with Crippen LogP contribution < -0.4 is 0 Å². The summed E-state index contributed by atoms with van der Waals surface area (Å²) in [6, 6.07) is 10.2. The second-order valence-electron chi connectivity index (χ2n) is 6.02. The molecule has 1 aromatic heterocycles. The van der Waals surface area contributed by atoms with Gasteiger partial charge in [0, 0.05) is 11.8 Å². The highest BCUT2D eigenvalue weighted by atomic mass is 28.3. The van der Waals surface area contributed by atoms with Crippen molar-refractivity contribution in [2.75, 3.05) is 0 Å². The van der Waals surface area contributed by atoms with Crippen molar-refractivity contribution in [1.29, 1.82) is 0 Å². The minimum Gasteiger partial charge on any atom is -0.389 e. The maximum Gasteiger partial charge on any atom is 0.0879 e. The number of rotatable bonds is 4. The molecule has 0 aliphatic carbocycles. The maximum absolute atomic E-state index is 10.6. The molecule has 101 valence electrons. The van der Waals surface area contributed by atoms with Crippen LogP contribution in [0, 0.1) is 6.92 Å². The van der Waals surface area contributed by atoms with E-state index in [4.69, 9.17) is 0 Å². The molecule has 1 atom stereocenters. The lowest BCUT2D eigenvalue weighted by atomic mass is 10.2. The van der Waals surface area contributed by atoms with Gasteiger partial charge in [0.25, 0.3) is 0 Å². The average molecular weight is 273 g/mol. The zero-order valence-electron chi connectivity index (χ0n) is 11.8. The molecule has 1 radical (unpaired) electrons. The average Bonchev–Trinajstić information content (AvgIpc) is 2.78. The lowest BCUT2D eigenvalue weighted by molar-refractivity contribution is 0.164. The molecule has 0 aliphatic heterocycles. The molecule has 4 heteroatoms. The lowest BCUT2D eigenvalue weighted by Crippen LogP contribution is -2.47. The van der Waals surface area contributed by atoms with Crippen LogP contribution in [-0.4, -0.2) is 23.0 Å². The molecule has 0 amide bonds. The standard InChI is InChI=1S/C15H21N2OSi/c1-15(18,19(2,3)4)14-10-16-17(12-14)11-13-8-6-5-7-9-13/h5-10,12,18H,1,11H2,2-4H3. The number of hydrogen-bond donors (Lipinski definition) is 1. The molecule has 0 aliphatic rings. The van der Waals surface area contributed by atoms with E-state index in [1.54, 1.807) is 6.20 Å². The summed E-state index contributed by atoms with van der Waals surface area (Å²) in [6.07, 6.45) is 3.63. The van der Waals surface area contributed by atoms with Gasteiger partial charge in [0.15, 0.2) is 0 Å². The third-order valence-electron chi connectivity index (χ3n) is 3.54. The Balaban J connectivity index is 2.20. The summed E-state index contributed by atoms with van der Waals surface area (Å²) >= 11 is 0. The Morgan fingerprint density at radius 2 is 1.89 bits per heavy atom. The molecule has 1 unspecified atom stereocenters. The van der Waals surface area contributed by atoms with Gasteiger partial charge < -0.3 is 5.11 Å². The third-order valence-corrected chi connectivity index (χ3v) is 6.31. The minimum atomic E-state index is -1.81. The molecule has 1 aromatic carbocycles. The molecule has 2 rings (SSSR count). The van der Waals surface area contributed by atoms with Gasteiger partial charge in [-0.15, -0.1) is 0 Å². The fourth-order valence-electron chi connectivity index (χ4n) is 1.87. The van der Waals surface area contributed by atoms with Gasteiger partial charge in [-0.05, 0) is 12.5 Å². The van der Waals surface area contributed by atoms with Crippen LogP contribution in [0.25, 0.3) is 0 Å². The summed E-state index contributed by atoms with van der Waals surface area (Å²) in [5, 5.41) is 13.9. The van der Waals surface area contributed by atoms with E-state index in [0.717, 1.165) is 5.56 Å². The Bertz CT molecular complexity index is 541. The SMILES string of the molecule is [CH2]C(O)(c1cnn(Cc2ccccc2)c1)[Si](C)(C)C. The van der Waals surface area contributed by atoms with E-state index in [1.165, 1.54) is 5.56 Å². The summed E-state index contributed by atoms with van der Waals surface area (Å²) in [5.74, 6) is 0. The van der Waals surface area contributed by atoms with Crippen LogP contribution in [-0.2, 0) is 11.8 Å². The minimum absolute atomic E-state index is 0.711. The van der Waals surface area contributed by atoms with Crippen molar-refractivity contribution >= 4 is 8.07 Å². The van der Waals surface area contributed by atoms with Crippen molar-refractivity contribution in [3.05, 3.63) is 60.8 Å². The van der Waals surface area contributed by atoms with E-state index < -0.39 is 13.3 Å². The van der Waals surface area contributed by atoms with Gasteiger partial charge in [-0.3, -0.25) is 4.68 Å². The largest absolute Gasteiger partial charge is 0.389 e. The zero-order valence-corrected chi connectivity index (χ0v) is 12.8. The zero-order chi connectivity index (χ0) is 14.1. The summed E-state index contributed by atoms with van der Waals surface area (Å²) < 4.78 is 1.85. The second kappa shape index (κ2) is 4.94. The Hall–Kier alpha value is -1.39. The normalized spacial score (nSPS) is 15.2. The first kappa shape index (κ1) is 14.0. The highest BCUT2D eigenvalue weighted by Gasteiger charge is 2.39. The fourth-order valence-corrected chi connectivity index (χ4v) is 2.86. The van der Waals surface area contributed by atoms with Crippen LogP contribution in [0.3, 0.4) is 0 Å². The predicted molar refractivity (Wildman–Crippen MR) is 80.4 cm³/mol. The van der Waals surface area contributed by atoms with E-state index in [9.17, 15) is 5.11 Å². The van der Waals surface area contributed by atoms with Gasteiger partial charge >= 0.3 is 0 Å². The van der Waals surface area contributed by atoms with E-state index in [0.29, 0.717) is 6.54 Å². The van der Waals surface area contributed by atoms with Crippen molar-refractivity contribution in [3.63, 3.8) is 0 Å². The van der Waals surface area contributed by atoms with E-state index >= 15 is 0 Å². The molecule has 1 N–H and O–H groups in total. The summed E-state index contributed by atoms with van der Waals surface area (Å²) in [5.41, 5.74) is 2.00. The van der Waals surface area contributed by atoms with Crippen molar-refractivity contribution < 1.29 is 5.11 Å². The summed E-state index contributed by atoms with van der Waals surface area (Å²) in [4.78, 5) is 0. The molecular formula is C15H21N2OSi. The lowest BCUT2D eigenvalue weighted by Gasteiger charge is -2.34. The second-order valence-corrected chi connectivity index (χ2v) is 11.3. The summed E-state index contributed by atoms with van der Waals surface area (Å²) in [7, 11) is -1.81. The highest BCUT2D eigenvalue weighted by Crippen LogP contribution is 2.30. The van der Waals surface area contributed by atoms with E-state index in [-0.39, 0.29) is 0 Å². The Labute approximate surface area is 115 Å². The van der Waals surface area contributed by atoms with Crippen molar-refractivity contribution in [2.24, 2.45) is 0 Å². The first-order valence-electron chi connectivity index (χ1n) is 6.45. The van der Waals surface area contributed by atoms with Crippen molar-refractivity contribution in [1.82, 2.24) is 9.78 Å². The topological polar surface area (TPSA) is 38.1 Å². The van der Waals surface area contributed by atoms with Gasteiger partial charge in [0.1, 0.15) is 0 Å². The molecule has 0 saturated carbocycles. The Morgan fingerprint density at radius 1 is 1.26 bits per heavy atom. The number of nitrogens with zero attached hydrogens (tertiary/aromatic N) is 2. The molecular weight excluding hydrogens is 252 g/mol. The van der Waals surface area contributed by atoms with E-state index in [1.807, 2.05) is 29.1 Å². The number of hydrogen-bond acceptors (Lipinski definition) is 2. The van der Waals surface area contributed by atoms with Crippen LogP contribution >= 0.6 is 0 Å². The number of aromatic nitrogens is 2. The van der Waals surface area contributed by atoms with Gasteiger partial charge in [0.2, 0.25) is 0 Å². The van der Waals surface area contributed by atoms with Gasteiger partial charge in [-0.1, -0.05) is 50.0 Å². The first-order chi connectivity index (χ1) is 8.80. The van der Waals surface area contributed by atoms with Crippen molar-refractivity contribution in [2.45, 2.75) is 31.4 Å². The van der Waals surface area contributed by atoms with Gasteiger partial charge in [-0.25, -0.2) is 0 Å². The third kappa shape index (κ3) is 2.96. The molecule has 0 bridgehead atoms. The van der Waals surface area contributed by atoms with Crippen LogP contribution in [0.2, 0.25) is 19.6 Å². The van der Waals surface area contributed by atoms with Gasteiger partial charge in [-0.2, -0.15) is 5.10 Å². The predicted octanol–water partition coefficient (Wildman–Crippen LogP) is 2.83.